The van der Waals surface area contributed by atoms with Crippen LogP contribution in [0.2, 0.25) is 0 Å². The molecular weight excluding hydrogens is 263 g/mol. The van der Waals surface area contributed by atoms with E-state index in [0.717, 1.165) is 6.42 Å². The van der Waals surface area contributed by atoms with Crippen molar-refractivity contribution in [3.05, 3.63) is 30.1 Å². The Balaban J connectivity index is 1.80. The van der Waals surface area contributed by atoms with Crippen molar-refractivity contribution in [2.45, 2.75) is 12.8 Å². The molecule has 1 heterocycles. The molecule has 0 aromatic heterocycles. The molecule has 5 nitrogen and oxygen atoms in total. The number of nitrogens with zero attached hydrogens (tertiary/aromatic N) is 1. The van der Waals surface area contributed by atoms with Crippen LogP contribution in [0.5, 0.6) is 5.75 Å². The summed E-state index contributed by atoms with van der Waals surface area (Å²) in [6, 6.07) is 6.05. The van der Waals surface area contributed by atoms with Gasteiger partial charge in [-0.1, -0.05) is 12.1 Å². The zero-order valence-corrected chi connectivity index (χ0v) is 11.1. The third-order valence-corrected chi connectivity index (χ3v) is 3.02. The van der Waals surface area contributed by atoms with Gasteiger partial charge in [0.05, 0.1) is 19.6 Å². The lowest BCUT2D eigenvalue weighted by molar-refractivity contribution is -0.135. The Hall–Kier alpha value is -2.11. The van der Waals surface area contributed by atoms with E-state index in [1.54, 1.807) is 12.1 Å². The number of nitrogens with one attached hydrogen (secondary N) is 1. The summed E-state index contributed by atoms with van der Waals surface area (Å²) in [4.78, 5) is 24.8. The van der Waals surface area contributed by atoms with Crippen LogP contribution in [0, 0.1) is 5.82 Å². The summed E-state index contributed by atoms with van der Waals surface area (Å²) in [5, 5.41) is 2.71. The first-order valence-electron chi connectivity index (χ1n) is 6.58. The monoisotopic (exact) mass is 280 g/mol. The smallest absolute Gasteiger partial charge is 0.239 e. The number of ether oxygens (including phenoxy) is 1. The van der Waals surface area contributed by atoms with Crippen molar-refractivity contribution < 1.29 is 18.7 Å². The van der Waals surface area contributed by atoms with E-state index in [2.05, 4.69) is 5.32 Å². The average molecular weight is 280 g/mol. The lowest BCUT2D eigenvalue weighted by Crippen LogP contribution is -2.37. The average Bonchev–Trinajstić information content (AvgIpc) is 2.65. The Bertz CT molecular complexity index is 493. The number of carbonyl (C=O) groups is 2. The van der Waals surface area contributed by atoms with Crippen LogP contribution >= 0.6 is 0 Å². The van der Waals surface area contributed by atoms with Crippen LogP contribution in [-0.2, 0) is 9.59 Å². The van der Waals surface area contributed by atoms with E-state index >= 15 is 0 Å². The van der Waals surface area contributed by atoms with Gasteiger partial charge in [-0.25, -0.2) is 4.39 Å². The molecule has 0 aliphatic carbocycles. The number of rotatable bonds is 4. The van der Waals surface area contributed by atoms with Gasteiger partial charge in [-0.2, -0.15) is 0 Å². The van der Waals surface area contributed by atoms with Gasteiger partial charge in [-0.15, -0.1) is 0 Å². The molecule has 1 aromatic rings. The summed E-state index contributed by atoms with van der Waals surface area (Å²) in [6.45, 7) is 1.32. The summed E-state index contributed by atoms with van der Waals surface area (Å²) in [6.07, 6.45) is 0.868. The fourth-order valence-electron chi connectivity index (χ4n) is 1.99. The topological polar surface area (TPSA) is 58.6 Å². The Morgan fingerprint density at radius 3 is 3.00 bits per heavy atom. The molecule has 1 fully saturated rings. The second-order valence-electron chi connectivity index (χ2n) is 4.55. The Kier molecular flexibility index (Phi) is 4.92. The molecule has 20 heavy (non-hydrogen) atoms. The van der Waals surface area contributed by atoms with Crippen LogP contribution in [-0.4, -0.2) is 43.0 Å². The third-order valence-electron chi connectivity index (χ3n) is 3.02. The molecule has 1 aliphatic rings. The minimum Gasteiger partial charge on any atom is -0.490 e. The zero-order chi connectivity index (χ0) is 14.4. The maximum Gasteiger partial charge on any atom is 0.239 e. The van der Waals surface area contributed by atoms with E-state index < -0.39 is 5.82 Å². The SMILES string of the molecule is O=C1CN(C(=O)CCOc2ccccc2F)CCCN1. The van der Waals surface area contributed by atoms with Gasteiger partial charge >= 0.3 is 0 Å². The first-order chi connectivity index (χ1) is 9.66. The highest BCUT2D eigenvalue weighted by Crippen LogP contribution is 2.15. The molecule has 6 heteroatoms. The van der Waals surface area contributed by atoms with Gasteiger partial charge in [0.25, 0.3) is 0 Å². The van der Waals surface area contributed by atoms with Crippen LogP contribution in [0.3, 0.4) is 0 Å². The summed E-state index contributed by atoms with van der Waals surface area (Å²) < 4.78 is 18.5. The number of benzene rings is 1. The molecule has 108 valence electrons. The van der Waals surface area contributed by atoms with Crippen LogP contribution in [0.4, 0.5) is 4.39 Å². The van der Waals surface area contributed by atoms with Crippen molar-refractivity contribution in [2.24, 2.45) is 0 Å². The molecule has 0 unspecified atom stereocenters. The highest BCUT2D eigenvalue weighted by molar-refractivity contribution is 5.85. The van der Waals surface area contributed by atoms with Gasteiger partial charge in [0, 0.05) is 13.1 Å². The summed E-state index contributed by atoms with van der Waals surface area (Å²) in [5.74, 6) is -0.618. The number of amides is 2. The quantitative estimate of drug-likeness (QED) is 0.893. The van der Waals surface area contributed by atoms with E-state index in [1.807, 2.05) is 0 Å². The fraction of sp³-hybridized carbons (Fsp3) is 0.429. The maximum atomic E-state index is 13.3. The van der Waals surface area contributed by atoms with Crippen molar-refractivity contribution in [1.29, 1.82) is 0 Å². The van der Waals surface area contributed by atoms with Gasteiger partial charge in [-0.3, -0.25) is 9.59 Å². The second-order valence-corrected chi connectivity index (χ2v) is 4.55. The molecule has 1 aromatic carbocycles. The molecule has 2 rings (SSSR count). The summed E-state index contributed by atoms with van der Waals surface area (Å²) in [5.41, 5.74) is 0. The molecule has 1 aliphatic heterocycles. The number of carbonyl (C=O) groups excluding carboxylic acids is 2. The maximum absolute atomic E-state index is 13.3. The molecule has 1 N–H and O–H groups in total. The molecule has 0 atom stereocenters. The van der Waals surface area contributed by atoms with E-state index in [-0.39, 0.29) is 37.1 Å². The van der Waals surface area contributed by atoms with Gasteiger partial charge in [0.15, 0.2) is 11.6 Å². The Labute approximate surface area is 116 Å². The molecule has 0 radical (unpaired) electrons. The highest BCUT2D eigenvalue weighted by atomic mass is 19.1. The van der Waals surface area contributed by atoms with Crippen molar-refractivity contribution in [1.82, 2.24) is 10.2 Å². The minimum atomic E-state index is -0.450. The predicted octanol–water partition coefficient (Wildman–Crippen LogP) is 0.943. The lowest BCUT2D eigenvalue weighted by Gasteiger charge is -2.19. The van der Waals surface area contributed by atoms with E-state index in [0.29, 0.717) is 13.1 Å². The zero-order valence-electron chi connectivity index (χ0n) is 11.1. The van der Waals surface area contributed by atoms with Crippen LogP contribution in [0.25, 0.3) is 0 Å². The number of hydrogen-bond donors (Lipinski definition) is 1. The molecule has 1 saturated heterocycles. The van der Waals surface area contributed by atoms with Crippen molar-refractivity contribution >= 4 is 11.8 Å². The predicted molar refractivity (Wildman–Crippen MR) is 70.7 cm³/mol. The van der Waals surface area contributed by atoms with Crippen molar-refractivity contribution in [3.63, 3.8) is 0 Å². The first-order valence-corrected chi connectivity index (χ1v) is 6.58. The molecular formula is C14H17FN2O3. The van der Waals surface area contributed by atoms with Crippen LogP contribution in [0.15, 0.2) is 24.3 Å². The van der Waals surface area contributed by atoms with Crippen molar-refractivity contribution in [3.8, 4) is 5.75 Å². The highest BCUT2D eigenvalue weighted by Gasteiger charge is 2.19. The van der Waals surface area contributed by atoms with Crippen molar-refractivity contribution in [2.75, 3.05) is 26.2 Å². The second kappa shape index (κ2) is 6.88. The molecule has 0 saturated carbocycles. The normalized spacial score (nSPS) is 15.4. The molecule has 0 bridgehead atoms. The standard InChI is InChI=1S/C14H17FN2O3/c15-11-4-1-2-5-12(11)20-9-6-14(19)17-8-3-7-16-13(18)10-17/h1-2,4-5H,3,6-10H2,(H,16,18). The third kappa shape index (κ3) is 3.94. The minimum absolute atomic E-state index is 0.0819. The molecule has 2 amide bonds. The summed E-state index contributed by atoms with van der Waals surface area (Å²) in [7, 11) is 0. The van der Waals surface area contributed by atoms with Crippen LogP contribution < -0.4 is 10.1 Å². The number of hydrogen-bond acceptors (Lipinski definition) is 3. The van der Waals surface area contributed by atoms with Gasteiger partial charge < -0.3 is 15.0 Å². The van der Waals surface area contributed by atoms with E-state index in [9.17, 15) is 14.0 Å². The Morgan fingerprint density at radius 2 is 2.20 bits per heavy atom. The van der Waals surface area contributed by atoms with Gasteiger partial charge in [0.1, 0.15) is 0 Å². The first kappa shape index (κ1) is 14.3. The molecule has 0 spiro atoms. The largest absolute Gasteiger partial charge is 0.490 e. The van der Waals surface area contributed by atoms with E-state index in [4.69, 9.17) is 4.74 Å². The van der Waals surface area contributed by atoms with E-state index in [1.165, 1.54) is 17.0 Å². The lowest BCUT2D eigenvalue weighted by atomic mass is 10.3. The Morgan fingerprint density at radius 1 is 1.40 bits per heavy atom. The van der Waals surface area contributed by atoms with Gasteiger partial charge in [-0.05, 0) is 18.6 Å². The summed E-state index contributed by atoms with van der Waals surface area (Å²) >= 11 is 0. The van der Waals surface area contributed by atoms with Gasteiger partial charge in [0.2, 0.25) is 11.8 Å². The fourth-order valence-corrected chi connectivity index (χ4v) is 1.99. The number of para-hydroxylation sites is 1. The number of halogens is 1. The van der Waals surface area contributed by atoms with Crippen LogP contribution in [0.1, 0.15) is 12.8 Å².